The van der Waals surface area contributed by atoms with Gasteiger partial charge in [-0.05, 0) is 29.8 Å². The normalized spacial score (nSPS) is 13.5. The molecule has 158 valence electrons. The number of amides is 2. The van der Waals surface area contributed by atoms with Crippen LogP contribution in [0.25, 0.3) is 0 Å². The summed E-state index contributed by atoms with van der Waals surface area (Å²) in [6.07, 6.45) is 1.18. The van der Waals surface area contributed by atoms with Crippen LogP contribution >= 0.6 is 0 Å². The second-order valence-corrected chi connectivity index (χ2v) is 7.28. The summed E-state index contributed by atoms with van der Waals surface area (Å²) in [6, 6.07) is 23.0. The number of carbonyl (C=O) groups excluding carboxylic acids is 2. The Bertz CT molecular complexity index is 1040. The van der Waals surface area contributed by atoms with Crippen molar-refractivity contribution in [3.63, 3.8) is 0 Å². The number of rotatable bonds is 6. The zero-order valence-electron chi connectivity index (χ0n) is 17.0. The average molecular weight is 416 g/mol. The molecule has 2 amide bonds. The first-order chi connectivity index (χ1) is 15.2. The molecule has 2 N–H and O–H groups in total. The molecular formula is C25H24N2O4. The van der Waals surface area contributed by atoms with Gasteiger partial charge in [-0.25, -0.2) is 0 Å². The summed E-state index contributed by atoms with van der Waals surface area (Å²) in [4.78, 5) is 25.8. The number of nitrogens with one attached hydrogen (secondary N) is 2. The molecule has 3 aromatic carbocycles. The number of benzene rings is 3. The van der Waals surface area contributed by atoms with Crippen molar-refractivity contribution in [3.8, 4) is 11.5 Å². The lowest BCUT2D eigenvalue weighted by molar-refractivity contribution is -0.118. The molecule has 1 atom stereocenters. The predicted molar refractivity (Wildman–Crippen MR) is 119 cm³/mol. The highest BCUT2D eigenvalue weighted by molar-refractivity contribution is 6.01. The van der Waals surface area contributed by atoms with Crippen molar-refractivity contribution in [2.45, 2.75) is 18.9 Å². The fourth-order valence-corrected chi connectivity index (χ4v) is 3.36. The van der Waals surface area contributed by atoms with Gasteiger partial charge in [0, 0.05) is 30.2 Å². The van der Waals surface area contributed by atoms with E-state index in [1.165, 1.54) is 0 Å². The van der Waals surface area contributed by atoms with Crippen LogP contribution in [0.4, 0.5) is 5.69 Å². The van der Waals surface area contributed by atoms with E-state index in [0.717, 1.165) is 12.0 Å². The fourth-order valence-electron chi connectivity index (χ4n) is 3.36. The van der Waals surface area contributed by atoms with E-state index in [4.69, 9.17) is 9.47 Å². The lowest BCUT2D eigenvalue weighted by Crippen LogP contribution is -2.45. The van der Waals surface area contributed by atoms with E-state index in [-0.39, 0.29) is 11.8 Å². The Labute approximate surface area is 181 Å². The van der Waals surface area contributed by atoms with Gasteiger partial charge in [-0.15, -0.1) is 0 Å². The van der Waals surface area contributed by atoms with Crippen molar-refractivity contribution in [1.29, 1.82) is 0 Å². The van der Waals surface area contributed by atoms with Gasteiger partial charge in [0.2, 0.25) is 5.91 Å². The highest BCUT2D eigenvalue weighted by atomic mass is 16.5. The van der Waals surface area contributed by atoms with Gasteiger partial charge < -0.3 is 20.1 Å². The highest BCUT2D eigenvalue weighted by Crippen LogP contribution is 2.32. The van der Waals surface area contributed by atoms with Crippen LogP contribution in [-0.4, -0.2) is 31.1 Å². The zero-order valence-corrected chi connectivity index (χ0v) is 17.0. The zero-order chi connectivity index (χ0) is 21.5. The van der Waals surface area contributed by atoms with E-state index in [0.29, 0.717) is 42.4 Å². The summed E-state index contributed by atoms with van der Waals surface area (Å²) in [5.74, 6) is 0.662. The Balaban J connectivity index is 1.52. The molecule has 0 saturated carbocycles. The highest BCUT2D eigenvalue weighted by Gasteiger charge is 2.23. The summed E-state index contributed by atoms with van der Waals surface area (Å²) in [6.45, 7) is 1.16. The molecule has 1 heterocycles. The molecule has 0 radical (unpaired) electrons. The van der Waals surface area contributed by atoms with Crippen LogP contribution in [-0.2, 0) is 11.2 Å². The smallest absolute Gasteiger partial charge is 0.251 e. The molecular weight excluding hydrogens is 392 g/mol. The van der Waals surface area contributed by atoms with Crippen molar-refractivity contribution in [3.05, 3.63) is 90.0 Å². The van der Waals surface area contributed by atoms with Gasteiger partial charge >= 0.3 is 0 Å². The summed E-state index contributed by atoms with van der Waals surface area (Å²) < 4.78 is 11.3. The van der Waals surface area contributed by atoms with E-state index in [2.05, 4.69) is 10.6 Å². The SMILES string of the molecule is O=C(N[C@H](Cc1ccccc1)C(=O)Nc1ccc2c(c1)OCCCO2)c1ccccc1. The third kappa shape index (κ3) is 5.42. The fraction of sp³-hybridized carbons (Fsp3) is 0.200. The van der Waals surface area contributed by atoms with Crippen LogP contribution in [0.3, 0.4) is 0 Å². The van der Waals surface area contributed by atoms with Gasteiger partial charge in [0.25, 0.3) is 5.91 Å². The van der Waals surface area contributed by atoms with Crippen molar-refractivity contribution < 1.29 is 19.1 Å². The minimum absolute atomic E-state index is 0.296. The first-order valence-corrected chi connectivity index (χ1v) is 10.3. The molecule has 0 unspecified atom stereocenters. The van der Waals surface area contributed by atoms with Crippen LogP contribution in [0.2, 0.25) is 0 Å². The first-order valence-electron chi connectivity index (χ1n) is 10.3. The Morgan fingerprint density at radius 1 is 0.839 bits per heavy atom. The Kier molecular flexibility index (Phi) is 6.47. The van der Waals surface area contributed by atoms with Gasteiger partial charge in [0.05, 0.1) is 13.2 Å². The van der Waals surface area contributed by atoms with Crippen molar-refractivity contribution in [2.24, 2.45) is 0 Å². The Morgan fingerprint density at radius 2 is 1.52 bits per heavy atom. The summed E-state index contributed by atoms with van der Waals surface area (Å²) in [5.41, 5.74) is 2.04. The standard InChI is InChI=1S/C25H24N2O4/c28-24(19-10-5-2-6-11-19)27-21(16-18-8-3-1-4-9-18)25(29)26-20-12-13-22-23(17-20)31-15-7-14-30-22/h1-6,8-13,17,21H,7,14-16H2,(H,26,29)(H,27,28)/t21-/m1/s1. The summed E-state index contributed by atoms with van der Waals surface area (Å²) in [7, 11) is 0. The predicted octanol–water partition coefficient (Wildman–Crippen LogP) is 3.83. The quantitative estimate of drug-likeness (QED) is 0.640. The maximum atomic E-state index is 13.1. The molecule has 0 saturated heterocycles. The van der Waals surface area contributed by atoms with Crippen LogP contribution in [0.5, 0.6) is 11.5 Å². The molecule has 0 fully saturated rings. The molecule has 0 aliphatic carbocycles. The lowest BCUT2D eigenvalue weighted by Gasteiger charge is -2.19. The molecule has 0 aromatic heterocycles. The van der Waals surface area contributed by atoms with Crippen molar-refractivity contribution in [1.82, 2.24) is 5.32 Å². The minimum atomic E-state index is -0.744. The third-order valence-electron chi connectivity index (χ3n) is 4.96. The van der Waals surface area contributed by atoms with Gasteiger partial charge in [0.1, 0.15) is 6.04 Å². The van der Waals surface area contributed by atoms with Gasteiger partial charge in [-0.2, -0.15) is 0 Å². The monoisotopic (exact) mass is 416 g/mol. The average Bonchev–Trinajstić information content (AvgIpc) is 3.05. The topological polar surface area (TPSA) is 76.7 Å². The van der Waals surface area contributed by atoms with E-state index < -0.39 is 6.04 Å². The molecule has 31 heavy (non-hydrogen) atoms. The first kappa shape index (κ1) is 20.5. The molecule has 0 bridgehead atoms. The summed E-state index contributed by atoms with van der Waals surface area (Å²) >= 11 is 0. The Morgan fingerprint density at radius 3 is 2.26 bits per heavy atom. The van der Waals surface area contributed by atoms with Crippen LogP contribution in [0.15, 0.2) is 78.9 Å². The number of ether oxygens (including phenoxy) is 2. The minimum Gasteiger partial charge on any atom is -0.490 e. The van der Waals surface area contributed by atoms with Gasteiger partial charge in [-0.1, -0.05) is 48.5 Å². The molecule has 4 rings (SSSR count). The number of fused-ring (bicyclic) bond motifs is 1. The second kappa shape index (κ2) is 9.80. The van der Waals surface area contributed by atoms with Gasteiger partial charge in [-0.3, -0.25) is 9.59 Å². The maximum absolute atomic E-state index is 13.1. The third-order valence-corrected chi connectivity index (χ3v) is 4.96. The van der Waals surface area contributed by atoms with Crippen LogP contribution in [0.1, 0.15) is 22.3 Å². The van der Waals surface area contributed by atoms with Crippen LogP contribution < -0.4 is 20.1 Å². The molecule has 3 aromatic rings. The van der Waals surface area contributed by atoms with E-state index in [1.807, 2.05) is 36.4 Å². The number of hydrogen-bond acceptors (Lipinski definition) is 4. The second-order valence-electron chi connectivity index (χ2n) is 7.28. The number of anilines is 1. The number of carbonyl (C=O) groups is 2. The van der Waals surface area contributed by atoms with Crippen molar-refractivity contribution >= 4 is 17.5 Å². The van der Waals surface area contributed by atoms with E-state index in [9.17, 15) is 9.59 Å². The Hall–Kier alpha value is -3.80. The number of hydrogen-bond donors (Lipinski definition) is 2. The van der Waals surface area contributed by atoms with Gasteiger partial charge in [0.15, 0.2) is 11.5 Å². The molecule has 6 heteroatoms. The van der Waals surface area contributed by atoms with E-state index >= 15 is 0 Å². The molecule has 1 aliphatic heterocycles. The molecule has 1 aliphatic rings. The lowest BCUT2D eigenvalue weighted by atomic mass is 10.0. The maximum Gasteiger partial charge on any atom is 0.251 e. The van der Waals surface area contributed by atoms with Crippen molar-refractivity contribution in [2.75, 3.05) is 18.5 Å². The largest absolute Gasteiger partial charge is 0.490 e. The molecule has 0 spiro atoms. The van der Waals surface area contributed by atoms with Crippen LogP contribution in [0, 0.1) is 0 Å². The van der Waals surface area contributed by atoms with E-state index in [1.54, 1.807) is 42.5 Å². The molecule has 6 nitrogen and oxygen atoms in total. The summed E-state index contributed by atoms with van der Waals surface area (Å²) in [5, 5.41) is 5.77.